The minimum Gasteiger partial charge on any atom is -0.396 e. The van der Waals surface area contributed by atoms with Crippen LogP contribution in [0.5, 0.6) is 0 Å². The van der Waals surface area contributed by atoms with Gasteiger partial charge in [-0.1, -0.05) is 6.92 Å². The topological polar surface area (TPSA) is 90.0 Å². The Hall–Kier alpha value is -2.15. The Morgan fingerprint density at radius 3 is 3.04 bits per heavy atom. The summed E-state index contributed by atoms with van der Waals surface area (Å²) in [5.74, 6) is 2.91. The molecule has 1 aliphatic carbocycles. The Morgan fingerprint density at radius 2 is 2.28 bits per heavy atom. The van der Waals surface area contributed by atoms with E-state index in [1.54, 1.807) is 6.20 Å². The van der Waals surface area contributed by atoms with E-state index in [1.807, 2.05) is 6.07 Å². The fraction of sp³-hybridized carbons (Fsp3) is 0.611. The molecule has 7 nitrogen and oxygen atoms in total. The molecule has 1 saturated carbocycles. The van der Waals surface area contributed by atoms with Crippen molar-refractivity contribution in [2.75, 3.05) is 29.9 Å². The number of nitrogens with one attached hydrogen (secondary N) is 2. The van der Waals surface area contributed by atoms with Crippen LogP contribution in [-0.2, 0) is 0 Å². The number of anilines is 3. The standard InChI is InChI=1S/C18H26N6O/c1-2-18(12-25)7-3-9-24(11-18)17-19-8-6-15(21-17)20-16-10-14(22-23-16)13-4-5-13/h6,8,10,13,25H,2-5,7,9,11-12H2,1H3,(H2,19,20,21,22,23). The van der Waals surface area contributed by atoms with Crippen LogP contribution in [0.15, 0.2) is 18.3 Å². The van der Waals surface area contributed by atoms with Crippen molar-refractivity contribution in [1.82, 2.24) is 20.2 Å². The van der Waals surface area contributed by atoms with Gasteiger partial charge in [-0.05, 0) is 38.2 Å². The van der Waals surface area contributed by atoms with Gasteiger partial charge in [0.05, 0.1) is 6.61 Å². The number of H-pyrrole nitrogens is 1. The van der Waals surface area contributed by atoms with E-state index in [1.165, 1.54) is 18.5 Å². The first-order valence-electron chi connectivity index (χ1n) is 9.22. The second-order valence-electron chi connectivity index (χ2n) is 7.39. The van der Waals surface area contributed by atoms with Gasteiger partial charge in [0, 0.05) is 42.4 Å². The van der Waals surface area contributed by atoms with E-state index in [9.17, 15) is 5.11 Å². The van der Waals surface area contributed by atoms with E-state index in [-0.39, 0.29) is 12.0 Å². The Bertz CT molecular complexity index is 722. The van der Waals surface area contributed by atoms with Crippen molar-refractivity contribution < 1.29 is 5.11 Å². The summed E-state index contributed by atoms with van der Waals surface area (Å²) >= 11 is 0. The summed E-state index contributed by atoms with van der Waals surface area (Å²) in [6, 6.07) is 3.92. The summed E-state index contributed by atoms with van der Waals surface area (Å²) in [4.78, 5) is 11.3. The normalized spacial score (nSPS) is 23.7. The first-order valence-corrected chi connectivity index (χ1v) is 9.22. The fourth-order valence-corrected chi connectivity index (χ4v) is 3.61. The molecule has 3 N–H and O–H groups in total. The maximum absolute atomic E-state index is 9.82. The van der Waals surface area contributed by atoms with Crippen LogP contribution in [0.1, 0.15) is 50.6 Å². The lowest BCUT2D eigenvalue weighted by atomic mass is 9.78. The van der Waals surface area contributed by atoms with Crippen molar-refractivity contribution in [2.24, 2.45) is 5.41 Å². The summed E-state index contributed by atoms with van der Waals surface area (Å²) in [5.41, 5.74) is 1.16. The highest BCUT2D eigenvalue weighted by molar-refractivity contribution is 5.53. The third kappa shape index (κ3) is 3.46. The van der Waals surface area contributed by atoms with E-state index >= 15 is 0 Å². The molecule has 1 saturated heterocycles. The number of aromatic amines is 1. The molecule has 2 fully saturated rings. The molecule has 1 aliphatic heterocycles. The van der Waals surface area contributed by atoms with Crippen molar-refractivity contribution in [3.05, 3.63) is 24.0 Å². The average Bonchev–Trinajstić information content (AvgIpc) is 3.41. The molecule has 2 aromatic heterocycles. The molecular weight excluding hydrogens is 316 g/mol. The lowest BCUT2D eigenvalue weighted by Gasteiger charge is -2.41. The predicted molar refractivity (Wildman–Crippen MR) is 97.1 cm³/mol. The smallest absolute Gasteiger partial charge is 0.227 e. The molecule has 2 aliphatic rings. The van der Waals surface area contributed by atoms with Crippen molar-refractivity contribution in [2.45, 2.75) is 44.9 Å². The molecule has 7 heteroatoms. The molecule has 0 aromatic carbocycles. The summed E-state index contributed by atoms with van der Waals surface area (Å²) in [7, 11) is 0. The molecule has 1 unspecified atom stereocenters. The van der Waals surface area contributed by atoms with Gasteiger partial charge in [-0.25, -0.2) is 4.98 Å². The second kappa shape index (κ2) is 6.63. The summed E-state index contributed by atoms with van der Waals surface area (Å²) in [5, 5.41) is 20.5. The number of rotatable bonds is 6. The van der Waals surface area contributed by atoms with E-state index in [4.69, 9.17) is 0 Å². The van der Waals surface area contributed by atoms with Crippen LogP contribution >= 0.6 is 0 Å². The maximum Gasteiger partial charge on any atom is 0.227 e. The van der Waals surface area contributed by atoms with Gasteiger partial charge in [0.1, 0.15) is 5.82 Å². The minimum atomic E-state index is -0.0353. The minimum absolute atomic E-state index is 0.0353. The van der Waals surface area contributed by atoms with Gasteiger partial charge in [0.25, 0.3) is 0 Å². The van der Waals surface area contributed by atoms with Crippen molar-refractivity contribution in [3.8, 4) is 0 Å². The highest BCUT2D eigenvalue weighted by Gasteiger charge is 2.34. The first kappa shape index (κ1) is 16.3. The number of hydrogen-bond donors (Lipinski definition) is 3. The van der Waals surface area contributed by atoms with Gasteiger partial charge in [-0.3, -0.25) is 5.10 Å². The largest absolute Gasteiger partial charge is 0.396 e. The van der Waals surface area contributed by atoms with Gasteiger partial charge in [-0.2, -0.15) is 10.1 Å². The van der Waals surface area contributed by atoms with Crippen molar-refractivity contribution in [1.29, 1.82) is 0 Å². The van der Waals surface area contributed by atoms with Crippen LogP contribution in [-0.4, -0.2) is 45.0 Å². The molecule has 25 heavy (non-hydrogen) atoms. The van der Waals surface area contributed by atoms with Crippen LogP contribution in [0.25, 0.3) is 0 Å². The molecule has 0 spiro atoms. The molecule has 0 radical (unpaired) electrons. The van der Waals surface area contributed by atoms with Crippen LogP contribution in [0.4, 0.5) is 17.6 Å². The van der Waals surface area contributed by atoms with Crippen LogP contribution in [0.2, 0.25) is 0 Å². The molecule has 1 atom stereocenters. The number of hydrogen-bond acceptors (Lipinski definition) is 6. The van der Waals surface area contributed by atoms with Gasteiger partial charge in [0.15, 0.2) is 5.82 Å². The van der Waals surface area contributed by atoms with E-state index in [0.29, 0.717) is 11.9 Å². The lowest BCUT2D eigenvalue weighted by Crippen LogP contribution is -2.45. The number of aliphatic hydroxyl groups excluding tert-OH is 1. The van der Waals surface area contributed by atoms with Gasteiger partial charge < -0.3 is 15.3 Å². The Balaban J connectivity index is 1.48. The fourth-order valence-electron chi connectivity index (χ4n) is 3.61. The summed E-state index contributed by atoms with van der Waals surface area (Å²) in [6.45, 7) is 4.10. The SMILES string of the molecule is CCC1(CO)CCCN(c2nccc(Nc3cc(C4CC4)[nH]n3)n2)C1. The Morgan fingerprint density at radius 1 is 1.40 bits per heavy atom. The lowest BCUT2D eigenvalue weighted by molar-refractivity contribution is 0.101. The zero-order valence-corrected chi connectivity index (χ0v) is 14.7. The second-order valence-corrected chi connectivity index (χ2v) is 7.39. The highest BCUT2D eigenvalue weighted by Crippen LogP contribution is 2.39. The molecule has 4 rings (SSSR count). The average molecular weight is 342 g/mol. The predicted octanol–water partition coefficient (Wildman–Crippen LogP) is 2.81. The Kier molecular flexibility index (Phi) is 4.33. The van der Waals surface area contributed by atoms with Crippen LogP contribution < -0.4 is 10.2 Å². The maximum atomic E-state index is 9.82. The zero-order chi connectivity index (χ0) is 17.3. The number of piperidine rings is 1. The van der Waals surface area contributed by atoms with Crippen LogP contribution in [0.3, 0.4) is 0 Å². The monoisotopic (exact) mass is 342 g/mol. The van der Waals surface area contributed by atoms with Gasteiger partial charge in [0.2, 0.25) is 5.95 Å². The summed E-state index contributed by atoms with van der Waals surface area (Å²) < 4.78 is 0. The molecule has 2 aromatic rings. The third-order valence-corrected chi connectivity index (χ3v) is 5.54. The Labute approximate surface area is 147 Å². The third-order valence-electron chi connectivity index (χ3n) is 5.54. The number of aromatic nitrogens is 4. The van der Waals surface area contributed by atoms with Crippen molar-refractivity contribution >= 4 is 17.6 Å². The number of aliphatic hydroxyl groups is 1. The molecule has 134 valence electrons. The molecular formula is C18H26N6O. The number of nitrogens with zero attached hydrogens (tertiary/aromatic N) is 4. The van der Waals surface area contributed by atoms with Gasteiger partial charge in [-0.15, -0.1) is 0 Å². The quantitative estimate of drug-likeness (QED) is 0.748. The zero-order valence-electron chi connectivity index (χ0n) is 14.7. The van der Waals surface area contributed by atoms with E-state index in [2.05, 4.69) is 43.4 Å². The molecule has 0 bridgehead atoms. The summed E-state index contributed by atoms with van der Waals surface area (Å²) in [6.07, 6.45) is 7.36. The highest BCUT2D eigenvalue weighted by atomic mass is 16.3. The van der Waals surface area contributed by atoms with Gasteiger partial charge >= 0.3 is 0 Å². The van der Waals surface area contributed by atoms with E-state index < -0.39 is 0 Å². The molecule has 0 amide bonds. The first-order chi connectivity index (χ1) is 12.2. The van der Waals surface area contributed by atoms with E-state index in [0.717, 1.165) is 44.0 Å². The van der Waals surface area contributed by atoms with Crippen molar-refractivity contribution in [3.63, 3.8) is 0 Å². The van der Waals surface area contributed by atoms with Crippen LogP contribution in [0, 0.1) is 5.41 Å². The molecule has 3 heterocycles.